The van der Waals surface area contributed by atoms with Crippen LogP contribution in [-0.4, -0.2) is 39.7 Å². The van der Waals surface area contributed by atoms with Crippen molar-refractivity contribution in [1.29, 1.82) is 0 Å². The highest BCUT2D eigenvalue weighted by Crippen LogP contribution is 1.98. The van der Waals surface area contributed by atoms with Gasteiger partial charge >= 0.3 is 12.0 Å². The number of rotatable bonds is 7. The number of carbonyl (C=O) groups excluding carboxylic acids is 1. The quantitative estimate of drug-likeness (QED) is 0.413. The van der Waals surface area contributed by atoms with Crippen LogP contribution in [0, 0.1) is 0 Å². The Bertz CT molecular complexity index is 402. The van der Waals surface area contributed by atoms with Crippen molar-refractivity contribution in [2.24, 2.45) is 0 Å². The van der Waals surface area contributed by atoms with Gasteiger partial charge in [0.1, 0.15) is 6.04 Å². The second kappa shape index (κ2) is 7.10. The van der Waals surface area contributed by atoms with E-state index in [-0.39, 0.29) is 6.42 Å². The molecule has 2 amide bonds. The Morgan fingerprint density at radius 1 is 1.61 bits per heavy atom. The van der Waals surface area contributed by atoms with E-state index in [4.69, 9.17) is 5.11 Å². The molecule has 1 atom stereocenters. The lowest BCUT2D eigenvalue weighted by Crippen LogP contribution is -2.47. The third-order valence-electron chi connectivity index (χ3n) is 2.22. The highest BCUT2D eigenvalue weighted by Gasteiger charge is 2.20. The Kier molecular flexibility index (Phi) is 5.43. The molecule has 7 heteroatoms. The van der Waals surface area contributed by atoms with Gasteiger partial charge in [-0.3, -0.25) is 0 Å². The van der Waals surface area contributed by atoms with Crippen LogP contribution in [0.5, 0.6) is 0 Å². The molecule has 0 spiro atoms. The maximum atomic E-state index is 11.4. The first-order chi connectivity index (χ1) is 8.63. The lowest BCUT2D eigenvalue weighted by molar-refractivity contribution is -0.139. The summed E-state index contributed by atoms with van der Waals surface area (Å²) in [5.74, 6) is -1.09. The normalized spacial score (nSPS) is 11.6. The summed E-state index contributed by atoms with van der Waals surface area (Å²) in [5, 5.41) is 13.9. The monoisotopic (exact) mass is 252 g/mol. The third-order valence-corrected chi connectivity index (χ3v) is 2.22. The van der Waals surface area contributed by atoms with Gasteiger partial charge in [-0.05, 0) is 6.42 Å². The van der Waals surface area contributed by atoms with Crippen molar-refractivity contribution in [1.82, 2.24) is 20.6 Å². The molecular formula is C11H16N4O3. The zero-order chi connectivity index (χ0) is 13.4. The van der Waals surface area contributed by atoms with Gasteiger partial charge in [0.05, 0.1) is 6.33 Å². The summed E-state index contributed by atoms with van der Waals surface area (Å²) in [6.45, 7) is 3.94. The van der Waals surface area contributed by atoms with Crippen LogP contribution >= 0.6 is 0 Å². The number of aromatic nitrogens is 2. The second-order valence-electron chi connectivity index (χ2n) is 3.65. The summed E-state index contributed by atoms with van der Waals surface area (Å²) in [5.41, 5.74) is 0.647. The molecule has 18 heavy (non-hydrogen) atoms. The molecular weight excluding hydrogens is 236 g/mol. The Morgan fingerprint density at radius 3 is 2.94 bits per heavy atom. The van der Waals surface area contributed by atoms with Gasteiger partial charge in [-0.25, -0.2) is 14.6 Å². The van der Waals surface area contributed by atoms with Crippen molar-refractivity contribution in [2.45, 2.75) is 18.9 Å². The lowest BCUT2D eigenvalue weighted by atomic mass is 10.2. The molecule has 1 unspecified atom stereocenters. The van der Waals surface area contributed by atoms with E-state index >= 15 is 0 Å². The van der Waals surface area contributed by atoms with E-state index in [1.54, 1.807) is 6.08 Å². The van der Waals surface area contributed by atoms with Crippen LogP contribution in [0.4, 0.5) is 4.79 Å². The van der Waals surface area contributed by atoms with Gasteiger partial charge < -0.3 is 20.7 Å². The number of nitrogens with one attached hydrogen (secondary N) is 3. The van der Waals surface area contributed by atoms with Crippen molar-refractivity contribution < 1.29 is 14.7 Å². The molecule has 1 aromatic rings. The van der Waals surface area contributed by atoms with Crippen molar-refractivity contribution in [2.75, 3.05) is 6.54 Å². The van der Waals surface area contributed by atoms with E-state index in [2.05, 4.69) is 27.2 Å². The zero-order valence-electron chi connectivity index (χ0n) is 9.85. The molecule has 4 N–H and O–H groups in total. The maximum absolute atomic E-state index is 11.4. The van der Waals surface area contributed by atoms with E-state index in [1.807, 2.05) is 0 Å². The fourth-order valence-corrected chi connectivity index (χ4v) is 1.31. The van der Waals surface area contributed by atoms with E-state index in [0.29, 0.717) is 18.7 Å². The summed E-state index contributed by atoms with van der Waals surface area (Å²) in [6.07, 6.45) is 5.43. The van der Waals surface area contributed by atoms with Crippen LogP contribution in [-0.2, 0) is 11.2 Å². The number of carboxylic acids is 1. The van der Waals surface area contributed by atoms with E-state index in [1.165, 1.54) is 12.5 Å². The molecule has 0 saturated heterocycles. The van der Waals surface area contributed by atoms with Crippen molar-refractivity contribution >= 4 is 12.0 Å². The average Bonchev–Trinajstić information content (AvgIpc) is 2.81. The van der Waals surface area contributed by atoms with Gasteiger partial charge in [0, 0.05) is 24.9 Å². The molecule has 7 nitrogen and oxygen atoms in total. The molecule has 0 aliphatic heterocycles. The molecule has 0 aromatic carbocycles. The van der Waals surface area contributed by atoms with Gasteiger partial charge in [0.2, 0.25) is 0 Å². The third kappa shape index (κ3) is 4.69. The topological polar surface area (TPSA) is 107 Å². The molecule has 0 bridgehead atoms. The molecule has 1 heterocycles. The molecule has 0 fully saturated rings. The number of nitrogens with zero attached hydrogens (tertiary/aromatic N) is 1. The first kappa shape index (κ1) is 13.8. The minimum Gasteiger partial charge on any atom is -0.480 e. The number of aromatic amines is 1. The summed E-state index contributed by atoms with van der Waals surface area (Å²) < 4.78 is 0. The van der Waals surface area contributed by atoms with E-state index in [0.717, 1.165) is 0 Å². The van der Waals surface area contributed by atoms with Crippen molar-refractivity contribution in [3.8, 4) is 0 Å². The van der Waals surface area contributed by atoms with Crippen LogP contribution in [0.3, 0.4) is 0 Å². The molecule has 0 aliphatic carbocycles. The predicted octanol–water partition coefficient (Wildman–Crippen LogP) is 0.281. The minimum atomic E-state index is -1.09. The fourth-order valence-electron chi connectivity index (χ4n) is 1.31. The van der Waals surface area contributed by atoms with Crippen LogP contribution < -0.4 is 10.6 Å². The van der Waals surface area contributed by atoms with Crippen molar-refractivity contribution in [3.63, 3.8) is 0 Å². The second-order valence-corrected chi connectivity index (χ2v) is 3.65. The minimum absolute atomic E-state index is 0.157. The number of aliphatic carboxylic acids is 1. The van der Waals surface area contributed by atoms with Crippen LogP contribution in [0.1, 0.15) is 12.1 Å². The summed E-state index contributed by atoms with van der Waals surface area (Å²) in [4.78, 5) is 29.0. The largest absolute Gasteiger partial charge is 0.480 e. The van der Waals surface area contributed by atoms with Crippen LogP contribution in [0.25, 0.3) is 0 Å². The first-order valence-electron chi connectivity index (χ1n) is 5.48. The summed E-state index contributed by atoms with van der Waals surface area (Å²) >= 11 is 0. The summed E-state index contributed by atoms with van der Waals surface area (Å²) in [6, 6.07) is -1.50. The molecule has 1 rings (SSSR count). The number of amides is 2. The predicted molar refractivity (Wildman–Crippen MR) is 65.1 cm³/mol. The number of carboxylic acid groups (broad SMARTS) is 1. The maximum Gasteiger partial charge on any atom is 0.326 e. The van der Waals surface area contributed by atoms with Gasteiger partial charge in [-0.1, -0.05) is 6.08 Å². The summed E-state index contributed by atoms with van der Waals surface area (Å²) in [7, 11) is 0. The number of urea groups is 1. The SMILES string of the molecule is C=CCCNC(=O)NC(Cc1cnc[nH]1)C(=O)O. The van der Waals surface area contributed by atoms with Crippen LogP contribution in [0.15, 0.2) is 25.2 Å². The molecule has 0 saturated carbocycles. The molecule has 98 valence electrons. The number of imidazole rings is 1. The van der Waals surface area contributed by atoms with Crippen molar-refractivity contribution in [3.05, 3.63) is 30.9 Å². The Hall–Kier alpha value is -2.31. The standard InChI is InChI=1S/C11H16N4O3/c1-2-3-4-13-11(18)15-9(10(16)17)5-8-6-12-7-14-8/h2,6-7,9H,1,3-5H2,(H,12,14)(H,16,17)(H2,13,15,18). The lowest BCUT2D eigenvalue weighted by Gasteiger charge is -2.14. The smallest absolute Gasteiger partial charge is 0.326 e. The van der Waals surface area contributed by atoms with Gasteiger partial charge in [-0.2, -0.15) is 0 Å². The number of carbonyl (C=O) groups is 2. The van der Waals surface area contributed by atoms with Gasteiger partial charge in [0.15, 0.2) is 0 Å². The van der Waals surface area contributed by atoms with Gasteiger partial charge in [-0.15, -0.1) is 6.58 Å². The van der Waals surface area contributed by atoms with E-state index < -0.39 is 18.0 Å². The molecule has 1 aromatic heterocycles. The highest BCUT2D eigenvalue weighted by atomic mass is 16.4. The van der Waals surface area contributed by atoms with Crippen LogP contribution in [0.2, 0.25) is 0 Å². The van der Waals surface area contributed by atoms with E-state index in [9.17, 15) is 9.59 Å². The molecule has 0 radical (unpaired) electrons. The average molecular weight is 252 g/mol. The number of H-pyrrole nitrogens is 1. The van der Waals surface area contributed by atoms with Gasteiger partial charge in [0.25, 0.3) is 0 Å². The molecule has 0 aliphatic rings. The fraction of sp³-hybridized carbons (Fsp3) is 0.364. The Morgan fingerprint density at radius 2 is 2.39 bits per heavy atom. The Labute approximate surface area is 104 Å². The zero-order valence-corrected chi connectivity index (χ0v) is 9.85. The first-order valence-corrected chi connectivity index (χ1v) is 5.48. The highest BCUT2D eigenvalue weighted by molar-refractivity contribution is 5.82. The number of hydrogen-bond acceptors (Lipinski definition) is 3. The number of hydrogen-bond donors (Lipinski definition) is 4. The Balaban J connectivity index is 2.45.